The predicted octanol–water partition coefficient (Wildman–Crippen LogP) is 1.43. The molecule has 1 N–H and O–H groups in total. The lowest BCUT2D eigenvalue weighted by Gasteiger charge is -2.22. The van der Waals surface area contributed by atoms with Gasteiger partial charge in [0, 0.05) is 12.8 Å². The van der Waals surface area contributed by atoms with Crippen molar-refractivity contribution >= 4 is 0 Å². The van der Waals surface area contributed by atoms with Gasteiger partial charge in [0.15, 0.2) is 5.79 Å². The second-order valence-corrected chi connectivity index (χ2v) is 3.47. The minimum atomic E-state index is -0.721. The molecule has 0 unspecified atom stereocenters. The highest BCUT2D eigenvalue weighted by atomic mass is 16.6. The summed E-state index contributed by atoms with van der Waals surface area (Å²) in [6, 6.07) is 0. The van der Waals surface area contributed by atoms with E-state index in [1.54, 1.807) is 0 Å². The normalized spacial score (nSPS) is 30.9. The van der Waals surface area contributed by atoms with Crippen LogP contribution in [0.5, 0.6) is 0 Å². The van der Waals surface area contributed by atoms with Gasteiger partial charge in [-0.05, 0) is 25.7 Å². The smallest absolute Gasteiger partial charge is 0.165 e. The Morgan fingerprint density at radius 1 is 1.20 bits per heavy atom. The first-order valence-corrected chi connectivity index (χ1v) is 4.19. The van der Waals surface area contributed by atoms with Gasteiger partial charge < -0.3 is 9.84 Å². The summed E-state index contributed by atoms with van der Waals surface area (Å²) < 4.78 is 5.47. The van der Waals surface area contributed by atoms with Crippen LogP contribution in [0.15, 0.2) is 0 Å². The van der Waals surface area contributed by atoms with E-state index in [2.05, 4.69) is 0 Å². The van der Waals surface area contributed by atoms with Gasteiger partial charge in [-0.1, -0.05) is 0 Å². The summed E-state index contributed by atoms with van der Waals surface area (Å²) >= 11 is 0. The maximum absolute atomic E-state index is 9.68. The van der Waals surface area contributed by atoms with Crippen molar-refractivity contribution < 1.29 is 9.84 Å². The summed E-state index contributed by atoms with van der Waals surface area (Å²) in [6.45, 7) is 0. The van der Waals surface area contributed by atoms with E-state index in [1.165, 1.54) is 0 Å². The lowest BCUT2D eigenvalue weighted by Crippen LogP contribution is -2.28. The lowest BCUT2D eigenvalue weighted by atomic mass is 10.2. The lowest BCUT2D eigenvalue weighted by molar-refractivity contribution is -0.204. The third-order valence-corrected chi connectivity index (χ3v) is 2.30. The van der Waals surface area contributed by atoms with E-state index >= 15 is 0 Å². The van der Waals surface area contributed by atoms with Crippen molar-refractivity contribution in [3.8, 4) is 0 Å². The fourth-order valence-corrected chi connectivity index (χ4v) is 1.54. The molecule has 0 atom stereocenters. The number of ether oxygens (including phenoxy) is 1. The molecule has 0 radical (unpaired) electrons. The monoisotopic (exact) mass is 142 g/mol. The molecule has 2 nitrogen and oxygen atoms in total. The van der Waals surface area contributed by atoms with Crippen LogP contribution in [0.1, 0.15) is 38.5 Å². The van der Waals surface area contributed by atoms with Gasteiger partial charge in [0.05, 0.1) is 6.10 Å². The van der Waals surface area contributed by atoms with Gasteiger partial charge in [0.1, 0.15) is 0 Å². The molecule has 2 aliphatic carbocycles. The molecule has 2 fully saturated rings. The topological polar surface area (TPSA) is 29.5 Å². The van der Waals surface area contributed by atoms with Crippen molar-refractivity contribution in [1.29, 1.82) is 0 Å². The van der Waals surface area contributed by atoms with Crippen molar-refractivity contribution in [2.45, 2.75) is 50.4 Å². The summed E-state index contributed by atoms with van der Waals surface area (Å²) in [5.41, 5.74) is 0. The Kier molecular flexibility index (Phi) is 1.46. The molecule has 2 rings (SSSR count). The highest BCUT2D eigenvalue weighted by Crippen LogP contribution is 2.36. The largest absolute Gasteiger partial charge is 0.365 e. The molecule has 0 spiro atoms. The van der Waals surface area contributed by atoms with Gasteiger partial charge in [-0.3, -0.25) is 0 Å². The molecule has 10 heavy (non-hydrogen) atoms. The van der Waals surface area contributed by atoms with Crippen molar-refractivity contribution in [3.63, 3.8) is 0 Å². The van der Waals surface area contributed by atoms with Crippen LogP contribution in [0.4, 0.5) is 0 Å². The molecule has 0 aliphatic heterocycles. The zero-order valence-electron chi connectivity index (χ0n) is 6.18. The van der Waals surface area contributed by atoms with Gasteiger partial charge in [-0.2, -0.15) is 0 Å². The van der Waals surface area contributed by atoms with Crippen molar-refractivity contribution in [2.24, 2.45) is 0 Å². The second-order valence-electron chi connectivity index (χ2n) is 3.47. The van der Waals surface area contributed by atoms with Crippen molar-refractivity contribution in [1.82, 2.24) is 0 Å². The first-order chi connectivity index (χ1) is 4.79. The van der Waals surface area contributed by atoms with Crippen molar-refractivity contribution in [2.75, 3.05) is 0 Å². The second kappa shape index (κ2) is 2.21. The molecule has 2 saturated carbocycles. The number of aliphatic hydroxyl groups is 1. The number of rotatable bonds is 2. The van der Waals surface area contributed by atoms with Crippen LogP contribution < -0.4 is 0 Å². The van der Waals surface area contributed by atoms with Crippen molar-refractivity contribution in [3.05, 3.63) is 0 Å². The third kappa shape index (κ3) is 1.32. The van der Waals surface area contributed by atoms with E-state index in [4.69, 9.17) is 4.74 Å². The molecule has 58 valence electrons. The van der Waals surface area contributed by atoms with Gasteiger partial charge in [0.25, 0.3) is 0 Å². The standard InChI is InChI=1S/C8H14O2/c9-8(5-1-2-6-8)10-7-3-4-7/h7,9H,1-6H2. The molecule has 0 heterocycles. The highest BCUT2D eigenvalue weighted by Gasteiger charge is 2.38. The van der Waals surface area contributed by atoms with Gasteiger partial charge in [-0.15, -0.1) is 0 Å². The van der Waals surface area contributed by atoms with Crippen LogP contribution >= 0.6 is 0 Å². The Balaban J connectivity index is 1.86. The maximum atomic E-state index is 9.68. The summed E-state index contributed by atoms with van der Waals surface area (Å²) in [6.07, 6.45) is 6.66. The fourth-order valence-electron chi connectivity index (χ4n) is 1.54. The highest BCUT2D eigenvalue weighted by molar-refractivity contribution is 4.81. The third-order valence-electron chi connectivity index (χ3n) is 2.30. The Hall–Kier alpha value is -0.0800. The molecule has 0 bridgehead atoms. The maximum Gasteiger partial charge on any atom is 0.165 e. The zero-order valence-corrected chi connectivity index (χ0v) is 6.18. The molecule has 0 aromatic carbocycles. The first kappa shape index (κ1) is 6.62. The minimum Gasteiger partial charge on any atom is -0.365 e. The average Bonchev–Trinajstić information content (AvgIpc) is 2.56. The fraction of sp³-hybridized carbons (Fsp3) is 1.00. The molecular formula is C8H14O2. The van der Waals surface area contributed by atoms with Crippen LogP contribution in [0.3, 0.4) is 0 Å². The zero-order chi connectivity index (χ0) is 7.03. The van der Waals surface area contributed by atoms with E-state index < -0.39 is 5.79 Å². The predicted molar refractivity (Wildman–Crippen MR) is 37.5 cm³/mol. The Morgan fingerprint density at radius 3 is 2.30 bits per heavy atom. The van der Waals surface area contributed by atoms with E-state index in [0.717, 1.165) is 38.5 Å². The van der Waals surface area contributed by atoms with Gasteiger partial charge in [0.2, 0.25) is 0 Å². The van der Waals surface area contributed by atoms with Crippen LogP contribution in [-0.4, -0.2) is 17.0 Å². The van der Waals surface area contributed by atoms with Gasteiger partial charge >= 0.3 is 0 Å². The molecular weight excluding hydrogens is 128 g/mol. The van der Waals surface area contributed by atoms with E-state index in [-0.39, 0.29) is 0 Å². The number of hydrogen-bond donors (Lipinski definition) is 1. The summed E-state index contributed by atoms with van der Waals surface area (Å²) in [5.74, 6) is -0.721. The molecule has 2 aliphatic rings. The Bertz CT molecular complexity index is 123. The van der Waals surface area contributed by atoms with E-state index in [1.807, 2.05) is 0 Å². The summed E-state index contributed by atoms with van der Waals surface area (Å²) in [4.78, 5) is 0. The van der Waals surface area contributed by atoms with Crippen LogP contribution in [-0.2, 0) is 4.74 Å². The van der Waals surface area contributed by atoms with E-state index in [9.17, 15) is 5.11 Å². The molecule has 0 aromatic heterocycles. The molecule has 2 heteroatoms. The van der Waals surface area contributed by atoms with Crippen LogP contribution in [0.2, 0.25) is 0 Å². The summed E-state index contributed by atoms with van der Waals surface area (Å²) in [7, 11) is 0. The quantitative estimate of drug-likeness (QED) is 0.591. The first-order valence-electron chi connectivity index (χ1n) is 4.19. The average molecular weight is 142 g/mol. The van der Waals surface area contributed by atoms with Gasteiger partial charge in [-0.25, -0.2) is 0 Å². The van der Waals surface area contributed by atoms with E-state index in [0.29, 0.717) is 6.10 Å². The summed E-state index contributed by atoms with van der Waals surface area (Å²) in [5, 5.41) is 9.68. The Morgan fingerprint density at radius 2 is 1.80 bits per heavy atom. The Labute approximate surface area is 61.2 Å². The molecule has 0 amide bonds. The van der Waals surface area contributed by atoms with Crippen LogP contribution in [0.25, 0.3) is 0 Å². The molecule has 0 saturated heterocycles. The van der Waals surface area contributed by atoms with Crippen LogP contribution in [0, 0.1) is 0 Å². The molecule has 0 aromatic rings. The minimum absolute atomic E-state index is 0.392. The number of hydrogen-bond acceptors (Lipinski definition) is 2. The SMILES string of the molecule is OC1(OC2CC2)CCCC1.